The summed E-state index contributed by atoms with van der Waals surface area (Å²) in [5, 5.41) is 0. The first kappa shape index (κ1) is 170. The second-order valence-corrected chi connectivity index (χ2v) is 0. The van der Waals surface area contributed by atoms with Crippen LogP contribution >= 0.6 is 0 Å². The maximum atomic E-state index is 0. The quantitative estimate of drug-likeness (QED) is 0.450. The number of hydrogen-bond acceptors (Lipinski definition) is 0. The molecule has 3 nitrogen and oxygen atoms in total. The molecule has 0 atom stereocenters. The minimum atomic E-state index is 0. The SMILES string of the molecule is [Cu].[Cu].[O-2].[O-2].[O-2]. The van der Waals surface area contributed by atoms with Crippen molar-refractivity contribution in [2.24, 2.45) is 0 Å². The van der Waals surface area contributed by atoms with Crippen LogP contribution in [0, 0.1) is 0 Å². The maximum absolute atomic E-state index is 0. The van der Waals surface area contributed by atoms with Crippen molar-refractivity contribution in [3.8, 4) is 0 Å². The molecule has 0 bridgehead atoms. The largest absolute Gasteiger partial charge is 2.00 e. The van der Waals surface area contributed by atoms with Crippen LogP contribution in [0.5, 0.6) is 0 Å². The van der Waals surface area contributed by atoms with Gasteiger partial charge in [0.15, 0.2) is 0 Å². The fraction of sp³-hybridized carbons (Fsp3) is 0. The van der Waals surface area contributed by atoms with Gasteiger partial charge in [0, 0.05) is 34.1 Å². The molecule has 2 radical (unpaired) electrons. The zero-order valence-electron chi connectivity index (χ0n) is 1.83. The van der Waals surface area contributed by atoms with Gasteiger partial charge in [-0.15, -0.1) is 0 Å². The van der Waals surface area contributed by atoms with Crippen LogP contribution in [0.25, 0.3) is 0 Å². The van der Waals surface area contributed by atoms with E-state index in [-0.39, 0.29) is 50.6 Å². The molecule has 0 amide bonds. The standard InChI is InChI=1S/2Cu.3O/q;;3*-2. The number of hydrogen-bond donors (Lipinski definition) is 0. The first-order valence-electron chi connectivity index (χ1n) is 0. The molecule has 0 aromatic carbocycles. The van der Waals surface area contributed by atoms with Crippen molar-refractivity contribution in [2.75, 3.05) is 0 Å². The summed E-state index contributed by atoms with van der Waals surface area (Å²) in [6.45, 7) is 0. The van der Waals surface area contributed by atoms with E-state index in [0.29, 0.717) is 0 Å². The summed E-state index contributed by atoms with van der Waals surface area (Å²) in [5.41, 5.74) is 0. The monoisotopic (exact) mass is 174 g/mol. The van der Waals surface area contributed by atoms with E-state index in [0.717, 1.165) is 0 Å². The first-order valence-corrected chi connectivity index (χ1v) is 0. The van der Waals surface area contributed by atoms with Crippen LogP contribution in [0.15, 0.2) is 0 Å². The summed E-state index contributed by atoms with van der Waals surface area (Å²) in [6.07, 6.45) is 0. The molecule has 5 heteroatoms. The van der Waals surface area contributed by atoms with E-state index in [9.17, 15) is 0 Å². The summed E-state index contributed by atoms with van der Waals surface area (Å²) in [7, 11) is 0. The van der Waals surface area contributed by atoms with Crippen LogP contribution in [-0.2, 0) is 50.6 Å². The summed E-state index contributed by atoms with van der Waals surface area (Å²) in [5.74, 6) is 0. The van der Waals surface area contributed by atoms with Gasteiger partial charge in [-0.1, -0.05) is 0 Å². The smallest absolute Gasteiger partial charge is 0 e. The molecule has 0 aromatic heterocycles. The molecule has 0 rings (SSSR count). The molecule has 0 saturated heterocycles. The van der Waals surface area contributed by atoms with Gasteiger partial charge < -0.3 is 16.4 Å². The first-order chi connectivity index (χ1) is 0. The van der Waals surface area contributed by atoms with Gasteiger partial charge >= 0.3 is 0 Å². The fourth-order valence-corrected chi connectivity index (χ4v) is 0. The van der Waals surface area contributed by atoms with E-state index in [1.54, 1.807) is 0 Å². The molecule has 0 aliphatic heterocycles. The Morgan fingerprint density at radius 3 is 0.400 bits per heavy atom. The Balaban J connectivity index is 0. The van der Waals surface area contributed by atoms with Crippen molar-refractivity contribution in [2.45, 2.75) is 0 Å². The molecule has 0 spiro atoms. The van der Waals surface area contributed by atoms with Gasteiger partial charge in [0.25, 0.3) is 0 Å². The molecule has 0 aliphatic carbocycles. The van der Waals surface area contributed by atoms with Crippen molar-refractivity contribution in [1.29, 1.82) is 0 Å². The summed E-state index contributed by atoms with van der Waals surface area (Å²) in [6, 6.07) is 0. The molecule has 0 aliphatic rings. The maximum Gasteiger partial charge on any atom is 0 e. The summed E-state index contributed by atoms with van der Waals surface area (Å²) < 4.78 is 0. The van der Waals surface area contributed by atoms with Crippen molar-refractivity contribution < 1.29 is 50.6 Å². The molecule has 0 aromatic rings. The third-order valence-corrected chi connectivity index (χ3v) is 0. The zero-order chi connectivity index (χ0) is 0. The summed E-state index contributed by atoms with van der Waals surface area (Å²) >= 11 is 0. The molecule has 0 unspecified atom stereocenters. The van der Waals surface area contributed by atoms with Gasteiger partial charge in [-0.2, -0.15) is 0 Å². The molecular weight excluding hydrogens is 175 g/mol. The van der Waals surface area contributed by atoms with Gasteiger partial charge in [-0.05, 0) is 0 Å². The van der Waals surface area contributed by atoms with E-state index >= 15 is 0 Å². The predicted octanol–water partition coefficient (Wildman–Crippen LogP) is -0.361. The minimum Gasteiger partial charge on any atom is -2.00 e. The van der Waals surface area contributed by atoms with E-state index in [4.69, 9.17) is 0 Å². The molecule has 0 saturated carbocycles. The van der Waals surface area contributed by atoms with Crippen molar-refractivity contribution >= 4 is 0 Å². The van der Waals surface area contributed by atoms with Gasteiger partial charge in [0.1, 0.15) is 0 Å². The Morgan fingerprint density at radius 2 is 0.400 bits per heavy atom. The van der Waals surface area contributed by atoms with Gasteiger partial charge in [0.05, 0.1) is 0 Å². The van der Waals surface area contributed by atoms with E-state index < -0.39 is 0 Å². The molecule has 0 fully saturated rings. The molecule has 5 heavy (non-hydrogen) atoms. The van der Waals surface area contributed by atoms with Crippen LogP contribution in [-0.4, -0.2) is 0 Å². The van der Waals surface area contributed by atoms with Crippen LogP contribution < -0.4 is 0 Å². The van der Waals surface area contributed by atoms with E-state index in [2.05, 4.69) is 0 Å². The molecular formula is Cu2O3-6. The van der Waals surface area contributed by atoms with E-state index in [1.807, 2.05) is 0 Å². The molecule has 0 N–H and O–H groups in total. The van der Waals surface area contributed by atoms with Crippen LogP contribution in [0.4, 0.5) is 0 Å². The third kappa shape index (κ3) is 49.6. The third-order valence-electron chi connectivity index (χ3n) is 0. The van der Waals surface area contributed by atoms with Crippen LogP contribution in [0.1, 0.15) is 0 Å². The Bertz CT molecular complexity index is 4.85. The van der Waals surface area contributed by atoms with Crippen LogP contribution in [0.3, 0.4) is 0 Å². The van der Waals surface area contributed by atoms with Crippen LogP contribution in [0.2, 0.25) is 0 Å². The molecule has 0 heterocycles. The molecule has 46 valence electrons. The second kappa shape index (κ2) is 89.5. The summed E-state index contributed by atoms with van der Waals surface area (Å²) in [4.78, 5) is 0. The van der Waals surface area contributed by atoms with Crippen molar-refractivity contribution in [1.82, 2.24) is 0 Å². The second-order valence-electron chi connectivity index (χ2n) is 0. The predicted molar refractivity (Wildman–Crippen MR) is 2.06 cm³/mol. The van der Waals surface area contributed by atoms with Gasteiger partial charge in [-0.25, -0.2) is 0 Å². The normalized spacial score (nSPS) is 0. The van der Waals surface area contributed by atoms with Crippen molar-refractivity contribution in [3.05, 3.63) is 0 Å². The Kier molecular flexibility index (Phi) is 3030. The average Bonchev–Trinajstić information content (AvgIpc) is 0. The van der Waals surface area contributed by atoms with Gasteiger partial charge in [-0.3, -0.25) is 0 Å². The number of rotatable bonds is 0. The van der Waals surface area contributed by atoms with Gasteiger partial charge in [0.2, 0.25) is 0 Å². The fourth-order valence-electron chi connectivity index (χ4n) is 0. The topological polar surface area (TPSA) is 85.5 Å². The Morgan fingerprint density at radius 1 is 0.400 bits per heavy atom. The van der Waals surface area contributed by atoms with E-state index in [1.165, 1.54) is 0 Å². The minimum absolute atomic E-state index is 0. The average molecular weight is 175 g/mol. The van der Waals surface area contributed by atoms with Crippen molar-refractivity contribution in [3.63, 3.8) is 0 Å². The zero-order valence-corrected chi connectivity index (χ0v) is 3.71. The Labute approximate surface area is 51.0 Å². The Hall–Kier alpha value is 0.919.